The minimum atomic E-state index is -0.0999. The fraction of sp³-hybridized carbons (Fsp3) is 0.111. The Morgan fingerprint density at radius 3 is 1.03 bits per heavy atom. The van der Waals surface area contributed by atoms with E-state index in [-0.39, 0.29) is 6.61 Å². The van der Waals surface area contributed by atoms with Crippen LogP contribution in [-0.2, 0) is 18.4 Å². The number of aliphatic hydroxyl groups is 1. The van der Waals surface area contributed by atoms with Crippen LogP contribution >= 0.6 is 23.2 Å². The van der Waals surface area contributed by atoms with Crippen molar-refractivity contribution >= 4 is 23.2 Å². The molecule has 0 amide bonds. The second-order valence-electron chi connectivity index (χ2n) is 7.08. The number of aliphatic hydroxyl groups excluding tert-OH is 1. The number of alkyl halides is 2. The molecule has 0 atom stereocenters. The molecule has 1 nitrogen and oxygen atoms in total. The van der Waals surface area contributed by atoms with Gasteiger partial charge in [-0.05, 0) is 50.1 Å². The van der Waals surface area contributed by atoms with Gasteiger partial charge in [0.05, 0.1) is 6.61 Å². The van der Waals surface area contributed by atoms with E-state index in [2.05, 4.69) is 36.4 Å². The Bertz CT molecular complexity index is 956. The molecule has 4 rings (SSSR count). The molecule has 30 heavy (non-hydrogen) atoms. The van der Waals surface area contributed by atoms with E-state index in [0.717, 1.165) is 50.1 Å². The topological polar surface area (TPSA) is 20.2 Å². The lowest BCUT2D eigenvalue weighted by atomic mass is 9.80. The normalized spacial score (nSPS) is 10.9. The molecule has 150 valence electrons. The van der Waals surface area contributed by atoms with Crippen LogP contribution in [0.15, 0.2) is 91.0 Å². The zero-order chi connectivity index (χ0) is 20.9. The van der Waals surface area contributed by atoms with Crippen molar-refractivity contribution in [2.24, 2.45) is 0 Å². The second kappa shape index (κ2) is 9.49. The van der Waals surface area contributed by atoms with Gasteiger partial charge in [0.15, 0.2) is 0 Å². The van der Waals surface area contributed by atoms with Gasteiger partial charge in [-0.15, -0.1) is 23.2 Å². The third-order valence-corrected chi connectivity index (χ3v) is 5.96. The van der Waals surface area contributed by atoms with Crippen LogP contribution in [0.3, 0.4) is 0 Å². The van der Waals surface area contributed by atoms with Crippen LogP contribution < -0.4 is 0 Å². The van der Waals surface area contributed by atoms with Gasteiger partial charge in [-0.1, -0.05) is 91.0 Å². The lowest BCUT2D eigenvalue weighted by molar-refractivity contribution is 0.283. The number of benzene rings is 4. The maximum atomic E-state index is 10.5. The van der Waals surface area contributed by atoms with E-state index in [1.54, 1.807) is 0 Å². The summed E-state index contributed by atoms with van der Waals surface area (Å²) in [6.45, 7) is -0.0999. The van der Waals surface area contributed by atoms with E-state index >= 15 is 0 Å². The molecule has 0 fully saturated rings. The van der Waals surface area contributed by atoms with Crippen molar-refractivity contribution in [2.45, 2.75) is 18.4 Å². The third-order valence-electron chi connectivity index (χ3n) is 5.42. The zero-order valence-corrected chi connectivity index (χ0v) is 18.0. The average molecular weight is 433 g/mol. The van der Waals surface area contributed by atoms with Gasteiger partial charge in [-0.3, -0.25) is 0 Å². The van der Waals surface area contributed by atoms with Gasteiger partial charge in [0.1, 0.15) is 0 Å². The van der Waals surface area contributed by atoms with E-state index < -0.39 is 0 Å². The van der Waals surface area contributed by atoms with Gasteiger partial charge < -0.3 is 5.11 Å². The SMILES string of the molecule is OCc1c(-c2ccccc2)c(CCl)c(-c2ccccc2)c(CCl)c1-c1ccccc1. The summed E-state index contributed by atoms with van der Waals surface area (Å²) in [5.74, 6) is 0.640. The quantitative estimate of drug-likeness (QED) is 0.310. The first-order valence-electron chi connectivity index (χ1n) is 9.89. The number of halogens is 2. The molecule has 0 unspecified atom stereocenters. The van der Waals surface area contributed by atoms with E-state index in [1.165, 1.54) is 0 Å². The van der Waals surface area contributed by atoms with Gasteiger partial charge in [0, 0.05) is 11.8 Å². The predicted molar refractivity (Wildman–Crippen MR) is 128 cm³/mol. The smallest absolute Gasteiger partial charge is 0.0694 e. The van der Waals surface area contributed by atoms with E-state index in [4.69, 9.17) is 23.2 Å². The van der Waals surface area contributed by atoms with Crippen LogP contribution in [-0.4, -0.2) is 5.11 Å². The van der Waals surface area contributed by atoms with Crippen molar-refractivity contribution in [3.63, 3.8) is 0 Å². The Labute approximate surface area is 187 Å². The van der Waals surface area contributed by atoms with Gasteiger partial charge >= 0.3 is 0 Å². The molecule has 0 aromatic heterocycles. The van der Waals surface area contributed by atoms with Gasteiger partial charge in [-0.25, -0.2) is 0 Å². The fourth-order valence-electron chi connectivity index (χ4n) is 4.21. The fourth-order valence-corrected chi connectivity index (χ4v) is 4.74. The van der Waals surface area contributed by atoms with Crippen molar-refractivity contribution in [3.8, 4) is 33.4 Å². The lowest BCUT2D eigenvalue weighted by Gasteiger charge is -2.25. The molecule has 0 aliphatic carbocycles. The predicted octanol–water partition coefficient (Wildman–Crippen LogP) is 7.66. The summed E-state index contributed by atoms with van der Waals surface area (Å²) in [4.78, 5) is 0. The molecule has 0 saturated carbocycles. The minimum Gasteiger partial charge on any atom is -0.392 e. The molecule has 0 bridgehead atoms. The Balaban J connectivity index is 2.21. The van der Waals surface area contributed by atoms with Crippen LogP contribution in [0.25, 0.3) is 33.4 Å². The number of rotatable bonds is 6. The highest BCUT2D eigenvalue weighted by Gasteiger charge is 2.25. The number of hydrogen-bond acceptors (Lipinski definition) is 1. The Hall–Kier alpha value is -2.58. The van der Waals surface area contributed by atoms with Crippen molar-refractivity contribution in [3.05, 3.63) is 108 Å². The minimum absolute atomic E-state index is 0.0999. The molecular weight excluding hydrogens is 411 g/mol. The summed E-state index contributed by atoms with van der Waals surface area (Å²) in [5.41, 5.74) is 9.01. The Morgan fingerprint density at radius 1 is 0.467 bits per heavy atom. The zero-order valence-electron chi connectivity index (χ0n) is 16.5. The number of hydrogen-bond donors (Lipinski definition) is 1. The first-order valence-corrected chi connectivity index (χ1v) is 11.0. The van der Waals surface area contributed by atoms with Crippen molar-refractivity contribution in [1.29, 1.82) is 0 Å². The lowest BCUT2D eigenvalue weighted by Crippen LogP contribution is -2.06. The van der Waals surface area contributed by atoms with Gasteiger partial charge in [0.2, 0.25) is 0 Å². The van der Waals surface area contributed by atoms with Crippen LogP contribution in [0.5, 0.6) is 0 Å². The monoisotopic (exact) mass is 432 g/mol. The molecule has 0 saturated heterocycles. The van der Waals surface area contributed by atoms with Crippen molar-refractivity contribution in [2.75, 3.05) is 0 Å². The summed E-state index contributed by atoms with van der Waals surface area (Å²) in [5, 5.41) is 10.5. The summed E-state index contributed by atoms with van der Waals surface area (Å²) < 4.78 is 0. The molecule has 4 aromatic rings. The van der Waals surface area contributed by atoms with Crippen molar-refractivity contribution < 1.29 is 5.11 Å². The highest BCUT2D eigenvalue weighted by Crippen LogP contribution is 2.46. The molecule has 0 spiro atoms. The molecule has 1 N–H and O–H groups in total. The van der Waals surface area contributed by atoms with Crippen LogP contribution in [0.1, 0.15) is 16.7 Å². The molecule has 0 aliphatic heterocycles. The Morgan fingerprint density at radius 2 is 0.767 bits per heavy atom. The van der Waals surface area contributed by atoms with Gasteiger partial charge in [-0.2, -0.15) is 0 Å². The molecule has 0 radical (unpaired) electrons. The van der Waals surface area contributed by atoms with Crippen LogP contribution in [0.2, 0.25) is 0 Å². The van der Waals surface area contributed by atoms with Crippen molar-refractivity contribution in [1.82, 2.24) is 0 Å². The first kappa shape index (κ1) is 20.7. The average Bonchev–Trinajstić information content (AvgIpc) is 2.83. The molecular formula is C27H22Cl2O. The maximum absolute atomic E-state index is 10.5. The summed E-state index contributed by atoms with van der Waals surface area (Å²) in [7, 11) is 0. The summed E-state index contributed by atoms with van der Waals surface area (Å²) >= 11 is 13.1. The second-order valence-corrected chi connectivity index (χ2v) is 7.62. The van der Waals surface area contributed by atoms with E-state index in [1.807, 2.05) is 54.6 Å². The Kier molecular flexibility index (Phi) is 6.54. The molecule has 3 heteroatoms. The highest BCUT2D eigenvalue weighted by atomic mass is 35.5. The third kappa shape index (κ3) is 3.77. The first-order chi connectivity index (χ1) is 14.8. The molecule has 4 aromatic carbocycles. The molecule has 0 aliphatic rings. The highest BCUT2D eigenvalue weighted by molar-refractivity contribution is 6.20. The van der Waals surface area contributed by atoms with Crippen LogP contribution in [0, 0.1) is 0 Å². The van der Waals surface area contributed by atoms with E-state index in [0.29, 0.717) is 11.8 Å². The standard InChI is InChI=1S/C27H22Cl2O/c28-16-22-25(19-10-4-1-5-11-19)23(17-29)27(21-14-8-3-9-15-21)24(18-30)26(22)20-12-6-2-7-13-20/h1-15,30H,16-18H2. The largest absolute Gasteiger partial charge is 0.392 e. The van der Waals surface area contributed by atoms with E-state index in [9.17, 15) is 5.11 Å². The van der Waals surface area contributed by atoms with Gasteiger partial charge in [0.25, 0.3) is 0 Å². The maximum Gasteiger partial charge on any atom is 0.0694 e. The summed E-state index contributed by atoms with van der Waals surface area (Å²) in [6, 6.07) is 30.5. The summed E-state index contributed by atoms with van der Waals surface area (Å²) in [6.07, 6.45) is 0. The molecule has 0 heterocycles. The van der Waals surface area contributed by atoms with Crippen LogP contribution in [0.4, 0.5) is 0 Å².